The number of halogens is 1. The van der Waals surface area contributed by atoms with Gasteiger partial charge in [0.25, 0.3) is 0 Å². The molecule has 1 rings (SSSR count). The molecule has 1 aromatic rings. The van der Waals surface area contributed by atoms with E-state index in [4.69, 9.17) is 9.47 Å². The van der Waals surface area contributed by atoms with Gasteiger partial charge in [0.15, 0.2) is 0 Å². The molecule has 1 unspecified atom stereocenters. The number of esters is 1. The highest BCUT2D eigenvalue weighted by Crippen LogP contribution is 2.20. The Morgan fingerprint density at radius 3 is 2.71 bits per heavy atom. The van der Waals surface area contributed by atoms with E-state index in [0.717, 1.165) is 5.56 Å². The summed E-state index contributed by atoms with van der Waals surface area (Å²) in [4.78, 5) is 11.9. The number of likely N-dealkylation sites (N-methyl/N-ethyl adjacent to an activating group) is 1. The Kier molecular flexibility index (Phi) is 6.62. The molecule has 21 heavy (non-hydrogen) atoms. The number of carbonyl (C=O) groups excluding carboxylic acids is 1. The molecule has 0 aliphatic carbocycles. The molecule has 0 radical (unpaired) electrons. The standard InChI is InChI=1S/C16H24FNO3/c1-5-20-15(19)16(3,18-4)9-6-10-21-14-8-7-13(17)11-12(14)2/h7-8,11,18H,5-6,9-10H2,1-4H3. The molecule has 0 heterocycles. The number of nitrogens with one attached hydrogen (secondary N) is 1. The van der Waals surface area contributed by atoms with Crippen molar-refractivity contribution in [2.75, 3.05) is 20.3 Å². The lowest BCUT2D eigenvalue weighted by Crippen LogP contribution is -2.48. The second-order valence-corrected chi connectivity index (χ2v) is 5.16. The maximum Gasteiger partial charge on any atom is 0.326 e. The molecule has 0 spiro atoms. The highest BCUT2D eigenvalue weighted by atomic mass is 19.1. The molecule has 0 saturated heterocycles. The van der Waals surface area contributed by atoms with Crippen LogP contribution in [-0.2, 0) is 9.53 Å². The van der Waals surface area contributed by atoms with E-state index in [1.165, 1.54) is 12.1 Å². The van der Waals surface area contributed by atoms with Gasteiger partial charge in [-0.15, -0.1) is 0 Å². The van der Waals surface area contributed by atoms with Gasteiger partial charge in [-0.25, -0.2) is 4.39 Å². The summed E-state index contributed by atoms with van der Waals surface area (Å²) < 4.78 is 23.7. The van der Waals surface area contributed by atoms with Crippen molar-refractivity contribution < 1.29 is 18.7 Å². The van der Waals surface area contributed by atoms with E-state index < -0.39 is 5.54 Å². The summed E-state index contributed by atoms with van der Waals surface area (Å²) in [6, 6.07) is 4.43. The van der Waals surface area contributed by atoms with Gasteiger partial charge in [-0.2, -0.15) is 0 Å². The van der Waals surface area contributed by atoms with E-state index in [2.05, 4.69) is 5.32 Å². The zero-order chi connectivity index (χ0) is 15.9. The van der Waals surface area contributed by atoms with Crippen LogP contribution in [0.25, 0.3) is 0 Å². The first-order valence-corrected chi connectivity index (χ1v) is 7.18. The summed E-state index contributed by atoms with van der Waals surface area (Å²) in [5.74, 6) is 0.133. The van der Waals surface area contributed by atoms with Crippen molar-refractivity contribution in [1.82, 2.24) is 5.32 Å². The van der Waals surface area contributed by atoms with Crippen LogP contribution in [0.2, 0.25) is 0 Å². The van der Waals surface area contributed by atoms with E-state index in [1.807, 2.05) is 6.92 Å². The van der Waals surface area contributed by atoms with Crippen molar-refractivity contribution in [2.24, 2.45) is 0 Å². The van der Waals surface area contributed by atoms with E-state index in [0.29, 0.717) is 31.8 Å². The van der Waals surface area contributed by atoms with Gasteiger partial charge in [0, 0.05) is 0 Å². The summed E-state index contributed by atoms with van der Waals surface area (Å²) in [5, 5.41) is 3.00. The SMILES string of the molecule is CCOC(=O)C(C)(CCCOc1ccc(F)cc1C)NC. The van der Waals surface area contributed by atoms with Crippen molar-refractivity contribution in [3.05, 3.63) is 29.6 Å². The van der Waals surface area contributed by atoms with Gasteiger partial charge in [0.2, 0.25) is 0 Å². The molecule has 0 bridgehead atoms. The van der Waals surface area contributed by atoms with Crippen LogP contribution in [0, 0.1) is 12.7 Å². The minimum absolute atomic E-state index is 0.259. The number of benzene rings is 1. The smallest absolute Gasteiger partial charge is 0.326 e. The van der Waals surface area contributed by atoms with Crippen LogP contribution in [0.1, 0.15) is 32.3 Å². The van der Waals surface area contributed by atoms with Gasteiger partial charge in [-0.1, -0.05) is 0 Å². The first kappa shape index (κ1) is 17.4. The predicted molar refractivity (Wildman–Crippen MR) is 80.0 cm³/mol. The maximum absolute atomic E-state index is 13.0. The zero-order valence-electron chi connectivity index (χ0n) is 13.2. The summed E-state index contributed by atoms with van der Waals surface area (Å²) in [5.41, 5.74) is 0.0498. The Labute approximate surface area is 125 Å². The topological polar surface area (TPSA) is 47.6 Å². The summed E-state index contributed by atoms with van der Waals surface area (Å²) in [6.07, 6.45) is 1.29. The van der Waals surface area contributed by atoms with Crippen LogP contribution in [0.4, 0.5) is 4.39 Å². The van der Waals surface area contributed by atoms with Crippen LogP contribution >= 0.6 is 0 Å². The summed E-state index contributed by atoms with van der Waals surface area (Å²) in [6.45, 7) is 6.22. The fourth-order valence-electron chi connectivity index (χ4n) is 2.00. The van der Waals surface area contributed by atoms with Crippen LogP contribution < -0.4 is 10.1 Å². The average molecular weight is 297 g/mol. The van der Waals surface area contributed by atoms with Crippen LogP contribution in [0.15, 0.2) is 18.2 Å². The second kappa shape index (κ2) is 7.98. The van der Waals surface area contributed by atoms with Gasteiger partial charge in [0.05, 0.1) is 13.2 Å². The summed E-state index contributed by atoms with van der Waals surface area (Å²) in [7, 11) is 1.74. The van der Waals surface area contributed by atoms with Gasteiger partial charge in [0.1, 0.15) is 17.1 Å². The first-order valence-electron chi connectivity index (χ1n) is 7.18. The van der Waals surface area contributed by atoms with Crippen molar-refractivity contribution >= 4 is 5.97 Å². The Hall–Kier alpha value is -1.62. The van der Waals surface area contributed by atoms with E-state index in [-0.39, 0.29) is 11.8 Å². The van der Waals surface area contributed by atoms with E-state index in [1.54, 1.807) is 27.0 Å². The molecular weight excluding hydrogens is 273 g/mol. The van der Waals surface area contributed by atoms with Crippen LogP contribution in [0.5, 0.6) is 5.75 Å². The largest absolute Gasteiger partial charge is 0.493 e. The lowest BCUT2D eigenvalue weighted by atomic mass is 9.96. The van der Waals surface area contributed by atoms with Crippen LogP contribution in [-0.4, -0.2) is 31.8 Å². The molecular formula is C16H24FNO3. The Morgan fingerprint density at radius 2 is 2.14 bits per heavy atom. The molecule has 1 N–H and O–H groups in total. The molecule has 0 fully saturated rings. The third-order valence-electron chi connectivity index (χ3n) is 3.49. The Morgan fingerprint density at radius 1 is 1.43 bits per heavy atom. The fourth-order valence-corrected chi connectivity index (χ4v) is 2.00. The highest BCUT2D eigenvalue weighted by Gasteiger charge is 2.32. The van der Waals surface area contributed by atoms with Crippen molar-refractivity contribution in [3.63, 3.8) is 0 Å². The van der Waals surface area contributed by atoms with Crippen LogP contribution in [0.3, 0.4) is 0 Å². The third kappa shape index (κ3) is 5.01. The number of ether oxygens (including phenoxy) is 2. The van der Waals surface area contributed by atoms with E-state index >= 15 is 0 Å². The van der Waals surface area contributed by atoms with Crippen molar-refractivity contribution in [3.8, 4) is 5.75 Å². The molecule has 0 aliphatic heterocycles. The van der Waals surface area contributed by atoms with Gasteiger partial charge >= 0.3 is 5.97 Å². The second-order valence-electron chi connectivity index (χ2n) is 5.16. The third-order valence-corrected chi connectivity index (χ3v) is 3.49. The molecule has 5 heteroatoms. The average Bonchev–Trinajstić information content (AvgIpc) is 2.45. The molecule has 1 atom stereocenters. The normalized spacial score (nSPS) is 13.6. The number of aryl methyl sites for hydroxylation is 1. The number of rotatable bonds is 8. The highest BCUT2D eigenvalue weighted by molar-refractivity contribution is 5.80. The predicted octanol–water partition coefficient (Wildman–Crippen LogP) is 2.83. The maximum atomic E-state index is 13.0. The van der Waals surface area contributed by atoms with Gasteiger partial charge in [-0.3, -0.25) is 4.79 Å². The first-order chi connectivity index (χ1) is 9.92. The van der Waals surface area contributed by atoms with Gasteiger partial charge < -0.3 is 14.8 Å². The zero-order valence-corrected chi connectivity index (χ0v) is 13.2. The number of hydrogen-bond donors (Lipinski definition) is 1. The Bertz CT molecular complexity index is 479. The molecule has 118 valence electrons. The number of hydrogen-bond acceptors (Lipinski definition) is 4. The summed E-state index contributed by atoms with van der Waals surface area (Å²) >= 11 is 0. The lowest BCUT2D eigenvalue weighted by Gasteiger charge is -2.26. The van der Waals surface area contributed by atoms with Gasteiger partial charge in [-0.05, 0) is 64.4 Å². The molecule has 4 nitrogen and oxygen atoms in total. The molecule has 0 aromatic heterocycles. The van der Waals surface area contributed by atoms with Crippen molar-refractivity contribution in [1.29, 1.82) is 0 Å². The molecule has 1 aromatic carbocycles. The quantitative estimate of drug-likeness (QED) is 0.592. The minimum atomic E-state index is -0.711. The molecule has 0 aliphatic rings. The molecule has 0 amide bonds. The molecule has 0 saturated carbocycles. The lowest BCUT2D eigenvalue weighted by molar-refractivity contribution is -0.150. The number of carbonyl (C=O) groups is 1. The van der Waals surface area contributed by atoms with Crippen molar-refractivity contribution in [2.45, 2.75) is 39.2 Å². The fraction of sp³-hybridized carbons (Fsp3) is 0.562. The monoisotopic (exact) mass is 297 g/mol. The Balaban J connectivity index is 2.46. The van der Waals surface area contributed by atoms with E-state index in [9.17, 15) is 9.18 Å². The minimum Gasteiger partial charge on any atom is -0.493 e.